The molecule has 0 saturated carbocycles. The van der Waals surface area contributed by atoms with E-state index in [0.29, 0.717) is 5.92 Å². The quantitative estimate of drug-likeness (QED) is 0.359. The molecule has 26 heavy (non-hydrogen) atoms. The van der Waals surface area contributed by atoms with E-state index in [2.05, 4.69) is 106 Å². The van der Waals surface area contributed by atoms with Crippen molar-refractivity contribution < 1.29 is 0 Å². The lowest BCUT2D eigenvalue weighted by atomic mass is 9.97. The first-order valence-electron chi connectivity index (χ1n) is 9.50. The molecule has 0 saturated heterocycles. The van der Waals surface area contributed by atoms with Crippen LogP contribution < -0.4 is 0 Å². The monoisotopic (exact) mass is 341 g/mol. The number of fused-ring (bicyclic) bond motifs is 3. The maximum atomic E-state index is 2.48. The summed E-state index contributed by atoms with van der Waals surface area (Å²) in [7, 11) is 0. The van der Waals surface area contributed by atoms with E-state index in [1.165, 1.54) is 38.5 Å². The third-order valence-corrected chi connectivity index (χ3v) is 5.23. The predicted octanol–water partition coefficient (Wildman–Crippen LogP) is 7.34. The number of nitrogens with zero attached hydrogens (tertiary/aromatic N) is 1. The highest BCUT2D eigenvalue weighted by molar-refractivity contribution is 6.09. The van der Waals surface area contributed by atoms with Crippen molar-refractivity contribution in [2.24, 2.45) is 0 Å². The highest BCUT2D eigenvalue weighted by Crippen LogP contribution is 2.36. The van der Waals surface area contributed by atoms with E-state index in [-0.39, 0.29) is 5.54 Å². The van der Waals surface area contributed by atoms with Gasteiger partial charge in [-0.1, -0.05) is 68.4 Å². The minimum absolute atomic E-state index is 0.0275. The summed E-state index contributed by atoms with van der Waals surface area (Å²) in [6.45, 7) is 11.3. The Hall–Kier alpha value is -2.54. The Labute approximate surface area is 156 Å². The Bertz CT molecular complexity index is 1090. The third-order valence-electron chi connectivity index (χ3n) is 5.23. The van der Waals surface area contributed by atoms with Gasteiger partial charge in [0.25, 0.3) is 0 Å². The molecule has 1 aromatic heterocycles. The largest absolute Gasteiger partial charge is 0.335 e. The number of benzene rings is 3. The topological polar surface area (TPSA) is 4.93 Å². The van der Waals surface area contributed by atoms with Crippen LogP contribution in [0.25, 0.3) is 32.9 Å². The molecule has 3 aromatic carbocycles. The van der Waals surface area contributed by atoms with Crippen LogP contribution in [0.15, 0.2) is 66.7 Å². The van der Waals surface area contributed by atoms with Gasteiger partial charge in [0.15, 0.2) is 0 Å². The maximum absolute atomic E-state index is 2.48. The smallest absolute Gasteiger partial charge is 0.0502 e. The van der Waals surface area contributed by atoms with Crippen LogP contribution in [-0.2, 0) is 5.54 Å². The molecule has 0 N–H and O–H groups in total. The van der Waals surface area contributed by atoms with Crippen LogP contribution in [0.5, 0.6) is 0 Å². The second-order valence-corrected chi connectivity index (χ2v) is 8.54. The van der Waals surface area contributed by atoms with E-state index >= 15 is 0 Å². The molecule has 1 heterocycles. The normalized spacial score (nSPS) is 12.4. The molecule has 0 aliphatic rings. The molecule has 0 spiro atoms. The zero-order valence-electron chi connectivity index (χ0n) is 16.4. The van der Waals surface area contributed by atoms with Crippen molar-refractivity contribution >= 4 is 21.8 Å². The van der Waals surface area contributed by atoms with Gasteiger partial charge in [-0.05, 0) is 55.5 Å². The molecule has 0 bridgehead atoms. The van der Waals surface area contributed by atoms with E-state index in [9.17, 15) is 0 Å². The van der Waals surface area contributed by atoms with Crippen molar-refractivity contribution in [3.8, 4) is 11.1 Å². The molecule has 132 valence electrons. The molecular formula is C25H27N. The Morgan fingerprint density at radius 3 is 2.12 bits per heavy atom. The summed E-state index contributed by atoms with van der Waals surface area (Å²) in [6.07, 6.45) is 0. The average Bonchev–Trinajstić information content (AvgIpc) is 2.95. The molecule has 4 aromatic rings. The standard InChI is InChI=1S/C25H27N/c1-17(2)18-9-8-10-19(15-18)20-13-14-22-21-11-6-7-12-23(21)26(24(22)16-20)25(3,4)5/h6-17H,1-5H3. The minimum atomic E-state index is 0.0275. The zero-order chi connectivity index (χ0) is 18.5. The summed E-state index contributed by atoms with van der Waals surface area (Å²) in [5.41, 5.74) is 6.62. The predicted molar refractivity (Wildman–Crippen MR) is 114 cm³/mol. The number of aromatic nitrogens is 1. The van der Waals surface area contributed by atoms with Gasteiger partial charge in [0.1, 0.15) is 0 Å². The van der Waals surface area contributed by atoms with Crippen LogP contribution in [0.1, 0.15) is 46.1 Å². The second-order valence-electron chi connectivity index (χ2n) is 8.54. The van der Waals surface area contributed by atoms with Crippen LogP contribution >= 0.6 is 0 Å². The van der Waals surface area contributed by atoms with Gasteiger partial charge in [-0.3, -0.25) is 0 Å². The van der Waals surface area contributed by atoms with Crippen LogP contribution in [0.4, 0.5) is 0 Å². The molecule has 0 atom stereocenters. The van der Waals surface area contributed by atoms with Gasteiger partial charge in [0.2, 0.25) is 0 Å². The van der Waals surface area contributed by atoms with Gasteiger partial charge < -0.3 is 4.57 Å². The van der Waals surface area contributed by atoms with Crippen LogP contribution in [0, 0.1) is 0 Å². The van der Waals surface area contributed by atoms with E-state index in [1.807, 2.05) is 0 Å². The Morgan fingerprint density at radius 1 is 0.692 bits per heavy atom. The van der Waals surface area contributed by atoms with Gasteiger partial charge in [0, 0.05) is 21.8 Å². The van der Waals surface area contributed by atoms with E-state index < -0.39 is 0 Å². The SMILES string of the molecule is CC(C)c1cccc(-c2ccc3c4ccccc4n(C(C)(C)C)c3c2)c1. The van der Waals surface area contributed by atoms with E-state index in [0.717, 1.165) is 0 Å². The van der Waals surface area contributed by atoms with Gasteiger partial charge in [-0.25, -0.2) is 0 Å². The zero-order valence-corrected chi connectivity index (χ0v) is 16.4. The summed E-state index contributed by atoms with van der Waals surface area (Å²) in [4.78, 5) is 0. The number of rotatable bonds is 2. The van der Waals surface area contributed by atoms with Crippen molar-refractivity contribution in [3.63, 3.8) is 0 Å². The highest BCUT2D eigenvalue weighted by Gasteiger charge is 2.20. The van der Waals surface area contributed by atoms with Crippen molar-refractivity contribution in [1.82, 2.24) is 4.57 Å². The fourth-order valence-electron chi connectivity index (χ4n) is 3.95. The summed E-state index contributed by atoms with van der Waals surface area (Å²) < 4.78 is 2.48. The van der Waals surface area contributed by atoms with Crippen molar-refractivity contribution in [1.29, 1.82) is 0 Å². The van der Waals surface area contributed by atoms with Crippen molar-refractivity contribution in [2.75, 3.05) is 0 Å². The van der Waals surface area contributed by atoms with Crippen LogP contribution in [0.2, 0.25) is 0 Å². The fraction of sp³-hybridized carbons (Fsp3) is 0.280. The van der Waals surface area contributed by atoms with Gasteiger partial charge in [-0.15, -0.1) is 0 Å². The summed E-state index contributed by atoms with van der Waals surface area (Å²) in [5.74, 6) is 0.541. The lowest BCUT2D eigenvalue weighted by Crippen LogP contribution is -2.21. The highest BCUT2D eigenvalue weighted by atomic mass is 15.0. The first-order valence-corrected chi connectivity index (χ1v) is 9.50. The van der Waals surface area contributed by atoms with Crippen LogP contribution in [-0.4, -0.2) is 4.57 Å². The molecule has 0 aliphatic carbocycles. The summed E-state index contributed by atoms with van der Waals surface area (Å²) in [6, 6.07) is 24.6. The lowest BCUT2D eigenvalue weighted by molar-refractivity contribution is 0.423. The Morgan fingerprint density at radius 2 is 1.38 bits per heavy atom. The number of para-hydroxylation sites is 1. The molecular weight excluding hydrogens is 314 g/mol. The fourth-order valence-corrected chi connectivity index (χ4v) is 3.95. The molecule has 0 aliphatic heterocycles. The molecule has 0 radical (unpaired) electrons. The number of hydrogen-bond donors (Lipinski definition) is 0. The van der Waals surface area contributed by atoms with Gasteiger partial charge in [-0.2, -0.15) is 0 Å². The summed E-state index contributed by atoms with van der Waals surface area (Å²) >= 11 is 0. The first-order chi connectivity index (χ1) is 12.4. The van der Waals surface area contributed by atoms with E-state index in [4.69, 9.17) is 0 Å². The average molecular weight is 341 g/mol. The van der Waals surface area contributed by atoms with E-state index in [1.54, 1.807) is 0 Å². The minimum Gasteiger partial charge on any atom is -0.335 e. The Kier molecular flexibility index (Phi) is 3.91. The molecule has 0 amide bonds. The molecule has 1 nitrogen and oxygen atoms in total. The van der Waals surface area contributed by atoms with Gasteiger partial charge >= 0.3 is 0 Å². The first kappa shape index (κ1) is 16.9. The number of hydrogen-bond acceptors (Lipinski definition) is 0. The molecule has 1 heteroatoms. The van der Waals surface area contributed by atoms with Crippen LogP contribution in [0.3, 0.4) is 0 Å². The molecule has 4 rings (SSSR count). The van der Waals surface area contributed by atoms with Crippen molar-refractivity contribution in [3.05, 3.63) is 72.3 Å². The van der Waals surface area contributed by atoms with Crippen molar-refractivity contribution in [2.45, 2.75) is 46.1 Å². The third kappa shape index (κ3) is 2.72. The van der Waals surface area contributed by atoms with Gasteiger partial charge in [0.05, 0.1) is 5.52 Å². The lowest BCUT2D eigenvalue weighted by Gasteiger charge is -2.24. The molecule has 0 unspecified atom stereocenters. The maximum Gasteiger partial charge on any atom is 0.0502 e. The summed E-state index contributed by atoms with van der Waals surface area (Å²) in [5, 5.41) is 2.67. The Balaban J connectivity index is 2.01. The second kappa shape index (κ2) is 6.02. The molecule has 0 fully saturated rings.